The van der Waals surface area contributed by atoms with Gasteiger partial charge in [-0.3, -0.25) is 0 Å². The van der Waals surface area contributed by atoms with Crippen LogP contribution < -0.4 is 31.8 Å². The Kier molecular flexibility index (Phi) is 6.75. The van der Waals surface area contributed by atoms with Gasteiger partial charge in [0.25, 0.3) is 0 Å². The van der Waals surface area contributed by atoms with E-state index in [-0.39, 0.29) is 0 Å². The van der Waals surface area contributed by atoms with Crippen molar-refractivity contribution in [3.8, 4) is 0 Å². The third kappa shape index (κ3) is 4.27. The second kappa shape index (κ2) is 10.7. The first-order chi connectivity index (χ1) is 20.6. The first-order valence-corrected chi connectivity index (χ1v) is 17.9. The fourth-order valence-electron chi connectivity index (χ4n) is 5.89. The van der Waals surface area contributed by atoms with Crippen LogP contribution in [0.15, 0.2) is 158 Å². The van der Waals surface area contributed by atoms with Gasteiger partial charge in [-0.1, -0.05) is 158 Å². The maximum Gasteiger partial charge on any atom is 0.0977 e. The van der Waals surface area contributed by atoms with Gasteiger partial charge in [0.15, 0.2) is 0 Å². The smallest absolute Gasteiger partial charge is 0.0977 e. The number of aromatic nitrogens is 2. The van der Waals surface area contributed by atoms with Gasteiger partial charge in [-0.05, 0) is 47.1 Å². The minimum Gasteiger partial charge on any atom is -0.244 e. The zero-order valence-corrected chi connectivity index (χ0v) is 25.0. The maximum atomic E-state index is 5.52. The summed E-state index contributed by atoms with van der Waals surface area (Å²) in [6, 6.07) is 55.4. The highest BCUT2D eigenvalue weighted by molar-refractivity contribution is 7.94. The molecule has 1 heterocycles. The van der Waals surface area contributed by atoms with E-state index >= 15 is 0 Å². The molecule has 0 bridgehead atoms. The summed E-state index contributed by atoms with van der Waals surface area (Å²) >= 11 is 0. The molecule has 4 heteroatoms. The Labute approximate surface area is 247 Å². The Bertz CT molecular complexity index is 1890. The van der Waals surface area contributed by atoms with Crippen molar-refractivity contribution in [2.75, 3.05) is 0 Å². The monoisotopic (exact) mass is 576 g/mol. The molecule has 0 saturated carbocycles. The summed E-state index contributed by atoms with van der Waals surface area (Å²) in [5.41, 5.74) is 3.57. The molecular weight excluding hydrogens is 546 g/mol. The van der Waals surface area contributed by atoms with Crippen LogP contribution in [-0.4, -0.2) is 22.6 Å². The molecule has 0 spiro atoms. The van der Waals surface area contributed by atoms with E-state index in [0.717, 1.165) is 32.7 Å². The van der Waals surface area contributed by atoms with Gasteiger partial charge in [-0.25, -0.2) is 9.97 Å². The van der Waals surface area contributed by atoms with Crippen molar-refractivity contribution >= 4 is 80.3 Å². The number of fused-ring (bicyclic) bond motifs is 2. The third-order valence-corrected chi connectivity index (χ3v) is 15.1. The summed E-state index contributed by atoms with van der Waals surface area (Å²) in [7, 11) is 0. The van der Waals surface area contributed by atoms with Crippen LogP contribution in [0.4, 0.5) is 0 Å². The van der Waals surface area contributed by atoms with E-state index in [4.69, 9.17) is 22.6 Å². The number of benzene rings is 6. The largest absolute Gasteiger partial charge is 0.244 e. The molecule has 42 heavy (non-hydrogen) atoms. The summed E-state index contributed by atoms with van der Waals surface area (Å²) in [5.74, 6) is 0. The molecule has 0 aliphatic heterocycles. The molecule has 202 valence electrons. The topological polar surface area (TPSA) is 25.8 Å². The summed E-state index contributed by atoms with van der Waals surface area (Å²) < 4.78 is 0. The molecule has 0 unspecified atom stereocenters. The summed E-state index contributed by atoms with van der Waals surface area (Å²) in [4.78, 5) is 10.7. The van der Waals surface area contributed by atoms with Crippen LogP contribution in [-0.2, 0) is 0 Å². The Morgan fingerprint density at radius 3 is 0.952 bits per heavy atom. The maximum absolute atomic E-state index is 5.52. The minimum atomic E-state index is -2.28. The number of nitrogens with zero attached hydrogens (tertiary/aromatic N) is 2. The van der Waals surface area contributed by atoms with E-state index in [2.05, 4.69) is 158 Å². The van der Waals surface area contributed by atoms with Crippen molar-refractivity contribution in [1.29, 1.82) is 0 Å². The predicted molar refractivity (Wildman–Crippen MR) is 189 cm³/mol. The lowest BCUT2D eigenvalue weighted by Gasteiger charge is -2.29. The van der Waals surface area contributed by atoms with E-state index in [1.165, 1.54) is 21.2 Å². The number of hydrogen-bond acceptors (Lipinski definition) is 2. The van der Waals surface area contributed by atoms with Crippen LogP contribution in [0.25, 0.3) is 22.1 Å². The number of rotatable bonds is 6. The zero-order valence-electron chi connectivity index (χ0n) is 23.2. The highest BCUT2D eigenvalue weighted by Gasteiger charge is 2.28. The van der Waals surface area contributed by atoms with E-state index in [1.54, 1.807) is 0 Å². The van der Waals surface area contributed by atoms with Gasteiger partial charge >= 0.3 is 0 Å². The molecule has 0 saturated heterocycles. The van der Waals surface area contributed by atoms with Crippen molar-refractivity contribution in [1.82, 2.24) is 9.97 Å². The second-order valence-corrected chi connectivity index (χ2v) is 16.7. The fourth-order valence-corrected chi connectivity index (χ4v) is 12.1. The quantitative estimate of drug-likeness (QED) is 0.173. The van der Waals surface area contributed by atoms with Gasteiger partial charge < -0.3 is 0 Å². The van der Waals surface area contributed by atoms with E-state index in [0.29, 0.717) is 0 Å². The van der Waals surface area contributed by atoms with Crippen molar-refractivity contribution in [2.45, 2.75) is 0 Å². The van der Waals surface area contributed by atoms with Gasteiger partial charge in [0.2, 0.25) is 0 Å². The number of hydrogen-bond donors (Lipinski definition) is 0. The van der Waals surface area contributed by atoms with E-state index < -0.39 is 13.8 Å². The first-order valence-electron chi connectivity index (χ1n) is 14.0. The van der Waals surface area contributed by atoms with Crippen molar-refractivity contribution in [3.05, 3.63) is 158 Å². The lowest BCUT2D eigenvalue weighted by atomic mass is 10.2. The van der Waals surface area contributed by atoms with Crippen molar-refractivity contribution in [2.24, 2.45) is 0 Å². The minimum absolute atomic E-state index is 0.879. The normalized spacial score (nSPS) is 12.0. The average Bonchev–Trinajstić information content (AvgIpc) is 3.07. The second-order valence-electron chi connectivity index (χ2n) is 10.5. The lowest BCUT2D eigenvalue weighted by Crippen LogP contribution is -2.28. The zero-order chi connectivity index (χ0) is 28.6. The molecule has 7 aromatic rings. The Balaban J connectivity index is 1.57. The van der Waals surface area contributed by atoms with E-state index in [1.807, 2.05) is 0 Å². The molecule has 2 nitrogen and oxygen atoms in total. The van der Waals surface area contributed by atoms with E-state index in [9.17, 15) is 0 Å². The van der Waals surface area contributed by atoms with Crippen LogP contribution in [0.1, 0.15) is 0 Å². The molecule has 0 aliphatic carbocycles. The molecule has 0 atom stereocenters. The van der Waals surface area contributed by atoms with Gasteiger partial charge in [-0.2, -0.15) is 0 Å². The van der Waals surface area contributed by atoms with Crippen molar-refractivity contribution in [3.63, 3.8) is 0 Å². The highest BCUT2D eigenvalue weighted by atomic mass is 31.2. The molecule has 0 fully saturated rings. The predicted octanol–water partition coefficient (Wildman–Crippen LogP) is 6.23. The standard InChI is InChI=1S/C38H30N2P2/c1-41(29-17-7-3-8-18-29,30-19-9-4-10-20-30)35-27-15-25-33-37(35)40-38-34(39-33)26-16-28-36(38)42(2,31-21-11-5-12-22-31)32-23-13-6-14-24-32/h3-28H,1-2H2. The molecule has 0 aliphatic rings. The summed E-state index contributed by atoms with van der Waals surface area (Å²) in [6.45, 7) is -4.56. The Morgan fingerprint density at radius 1 is 0.333 bits per heavy atom. The van der Waals surface area contributed by atoms with Crippen LogP contribution in [0.2, 0.25) is 0 Å². The molecule has 7 rings (SSSR count). The van der Waals surface area contributed by atoms with Crippen LogP contribution in [0.5, 0.6) is 0 Å². The van der Waals surface area contributed by atoms with Gasteiger partial charge in [0.05, 0.1) is 22.1 Å². The van der Waals surface area contributed by atoms with Crippen LogP contribution in [0, 0.1) is 0 Å². The average molecular weight is 577 g/mol. The highest BCUT2D eigenvalue weighted by Crippen LogP contribution is 2.45. The third-order valence-electron chi connectivity index (χ3n) is 8.06. The van der Waals surface area contributed by atoms with Gasteiger partial charge in [0, 0.05) is 10.6 Å². The molecule has 0 radical (unpaired) electrons. The molecule has 6 aromatic carbocycles. The lowest BCUT2D eigenvalue weighted by molar-refractivity contribution is 1.41. The molecule has 0 amide bonds. The molecule has 0 N–H and O–H groups in total. The molecular formula is C38H30N2P2. The van der Waals surface area contributed by atoms with Crippen LogP contribution in [0.3, 0.4) is 0 Å². The fraction of sp³-hybridized carbons (Fsp3) is 0. The van der Waals surface area contributed by atoms with Crippen molar-refractivity contribution < 1.29 is 0 Å². The van der Waals surface area contributed by atoms with Gasteiger partial charge in [0.1, 0.15) is 0 Å². The summed E-state index contributed by atoms with van der Waals surface area (Å²) in [6.07, 6.45) is 10.0. The molecule has 1 aromatic heterocycles. The van der Waals surface area contributed by atoms with Gasteiger partial charge in [-0.15, -0.1) is 0 Å². The summed E-state index contributed by atoms with van der Waals surface area (Å²) in [5, 5.41) is 7.12. The Morgan fingerprint density at radius 2 is 0.643 bits per heavy atom. The SMILES string of the molecule is C=P(c1ccccc1)(c1ccccc1)c1cccc2nc3cccc(P(=C)(c4ccccc4)c4ccccc4)c3nc12. The Hall–Kier alpha value is -4.48. The first kappa shape index (κ1) is 26.4. The van der Waals surface area contributed by atoms with Crippen LogP contribution >= 0.6 is 13.8 Å². The number of para-hydroxylation sites is 2.